The molecule has 3 heterocycles. The number of aromatic amines is 1. The maximum Gasteiger partial charge on any atom is 0.258 e. The van der Waals surface area contributed by atoms with Gasteiger partial charge in [0.05, 0.1) is 23.7 Å². The maximum absolute atomic E-state index is 12.4. The van der Waals surface area contributed by atoms with E-state index >= 15 is 0 Å². The van der Waals surface area contributed by atoms with Crippen LogP contribution in [0.2, 0.25) is 0 Å². The molecule has 0 aliphatic carbocycles. The Morgan fingerprint density at radius 1 is 1.18 bits per heavy atom. The fourth-order valence-electron chi connectivity index (χ4n) is 2.79. The molecule has 1 N–H and O–H groups in total. The Balaban J connectivity index is 1.38. The highest BCUT2D eigenvalue weighted by atomic mass is 16.5. The van der Waals surface area contributed by atoms with Crippen molar-refractivity contribution in [1.82, 2.24) is 25.0 Å². The smallest absolute Gasteiger partial charge is 0.258 e. The zero-order chi connectivity index (χ0) is 19.5. The van der Waals surface area contributed by atoms with E-state index in [2.05, 4.69) is 20.1 Å². The molecule has 9 nitrogen and oxygen atoms in total. The maximum atomic E-state index is 12.4. The summed E-state index contributed by atoms with van der Waals surface area (Å²) in [5.74, 6) is 1.50. The molecule has 1 aromatic carbocycles. The van der Waals surface area contributed by atoms with Crippen molar-refractivity contribution in [2.45, 2.75) is 19.4 Å². The van der Waals surface area contributed by atoms with Gasteiger partial charge in [-0.2, -0.15) is 4.98 Å². The lowest BCUT2D eigenvalue weighted by Gasteiger charge is -2.16. The molecule has 4 rings (SSSR count). The number of hydrogen-bond acceptors (Lipinski definition) is 7. The predicted molar refractivity (Wildman–Crippen MR) is 99.2 cm³/mol. The Hall–Kier alpha value is -3.75. The molecule has 0 saturated heterocycles. The summed E-state index contributed by atoms with van der Waals surface area (Å²) in [4.78, 5) is 37.4. The van der Waals surface area contributed by atoms with E-state index in [0.29, 0.717) is 40.6 Å². The number of aryl methyl sites for hydroxylation is 1. The molecular formula is C19H17N5O4. The number of hydrogen-bond donors (Lipinski definition) is 1. The number of furan rings is 1. The van der Waals surface area contributed by atoms with Crippen LogP contribution in [-0.4, -0.2) is 38.0 Å². The summed E-state index contributed by atoms with van der Waals surface area (Å²) in [6, 6.07) is 10.5. The molecule has 28 heavy (non-hydrogen) atoms. The lowest BCUT2D eigenvalue weighted by molar-refractivity contribution is -0.130. The van der Waals surface area contributed by atoms with Gasteiger partial charge in [-0.05, 0) is 24.3 Å². The average molecular weight is 379 g/mol. The molecule has 0 saturated carbocycles. The number of H-pyrrole nitrogens is 1. The molecule has 0 aliphatic rings. The van der Waals surface area contributed by atoms with Gasteiger partial charge in [0, 0.05) is 19.9 Å². The summed E-state index contributed by atoms with van der Waals surface area (Å²) in [7, 11) is 1.65. The van der Waals surface area contributed by atoms with E-state index < -0.39 is 0 Å². The van der Waals surface area contributed by atoms with Crippen LogP contribution < -0.4 is 5.56 Å². The predicted octanol–water partition coefficient (Wildman–Crippen LogP) is 2.16. The van der Waals surface area contributed by atoms with Crippen molar-refractivity contribution < 1.29 is 13.7 Å². The Bertz CT molecular complexity index is 1160. The first-order chi connectivity index (χ1) is 13.6. The zero-order valence-corrected chi connectivity index (χ0v) is 15.1. The van der Waals surface area contributed by atoms with Gasteiger partial charge in [0.15, 0.2) is 5.76 Å². The van der Waals surface area contributed by atoms with Crippen LogP contribution in [0.25, 0.3) is 22.5 Å². The van der Waals surface area contributed by atoms with Gasteiger partial charge in [-0.1, -0.05) is 17.3 Å². The number of benzene rings is 1. The van der Waals surface area contributed by atoms with Crippen LogP contribution in [0.4, 0.5) is 0 Å². The van der Waals surface area contributed by atoms with Crippen LogP contribution in [0.5, 0.6) is 0 Å². The van der Waals surface area contributed by atoms with Crippen molar-refractivity contribution in [1.29, 1.82) is 0 Å². The van der Waals surface area contributed by atoms with Crippen molar-refractivity contribution in [2.24, 2.45) is 0 Å². The summed E-state index contributed by atoms with van der Waals surface area (Å²) in [6.45, 7) is 0.195. The van der Waals surface area contributed by atoms with Gasteiger partial charge in [0.2, 0.25) is 17.6 Å². The lowest BCUT2D eigenvalue weighted by atomic mass is 10.2. The second-order valence-corrected chi connectivity index (χ2v) is 6.27. The summed E-state index contributed by atoms with van der Waals surface area (Å²) < 4.78 is 10.4. The number of carbonyl (C=O) groups excluding carboxylic acids is 1. The summed E-state index contributed by atoms with van der Waals surface area (Å²) in [5, 5.41) is 4.35. The molecule has 0 fully saturated rings. The normalized spacial score (nSPS) is 11.0. The van der Waals surface area contributed by atoms with E-state index in [1.807, 2.05) is 6.07 Å². The van der Waals surface area contributed by atoms with E-state index in [9.17, 15) is 9.59 Å². The van der Waals surface area contributed by atoms with Crippen LogP contribution >= 0.6 is 0 Å². The minimum absolute atomic E-state index is 0.131. The van der Waals surface area contributed by atoms with E-state index in [-0.39, 0.29) is 24.4 Å². The van der Waals surface area contributed by atoms with Gasteiger partial charge in [0.1, 0.15) is 5.82 Å². The van der Waals surface area contributed by atoms with E-state index in [0.717, 1.165) is 0 Å². The number of para-hydroxylation sites is 1. The van der Waals surface area contributed by atoms with Crippen LogP contribution in [0.1, 0.15) is 18.1 Å². The second-order valence-electron chi connectivity index (χ2n) is 6.27. The van der Waals surface area contributed by atoms with Crippen molar-refractivity contribution in [3.8, 4) is 11.6 Å². The Labute approximate surface area is 159 Å². The molecule has 0 unspecified atom stereocenters. The van der Waals surface area contributed by atoms with Crippen molar-refractivity contribution in [3.05, 3.63) is 64.7 Å². The molecule has 0 spiro atoms. The van der Waals surface area contributed by atoms with Crippen LogP contribution in [0.15, 0.2) is 56.4 Å². The van der Waals surface area contributed by atoms with Gasteiger partial charge in [-0.15, -0.1) is 0 Å². The molecule has 4 aromatic rings. The third-order valence-electron chi connectivity index (χ3n) is 4.24. The van der Waals surface area contributed by atoms with Crippen LogP contribution in [-0.2, 0) is 17.8 Å². The number of fused-ring (bicyclic) bond motifs is 1. The van der Waals surface area contributed by atoms with Crippen molar-refractivity contribution in [3.63, 3.8) is 0 Å². The Kier molecular flexibility index (Phi) is 4.71. The van der Waals surface area contributed by atoms with E-state index in [4.69, 9.17) is 8.94 Å². The van der Waals surface area contributed by atoms with Crippen LogP contribution in [0, 0.1) is 0 Å². The highest BCUT2D eigenvalue weighted by Crippen LogP contribution is 2.16. The number of rotatable bonds is 6. The summed E-state index contributed by atoms with van der Waals surface area (Å²) in [6.07, 6.45) is 2.02. The number of carbonyl (C=O) groups is 1. The standard InChI is InChI=1S/C19H17N5O4/c1-24(11-15-20-13-6-3-2-5-12(13)19(26)21-15)17(25)9-8-16-22-18(23-28-16)14-7-4-10-27-14/h2-7,10H,8-9,11H2,1H3,(H,20,21,26). The molecule has 142 valence electrons. The SMILES string of the molecule is CN(Cc1nc2ccccc2c(=O)[nH]1)C(=O)CCc1nc(-c2ccco2)no1. The monoisotopic (exact) mass is 379 g/mol. The topological polar surface area (TPSA) is 118 Å². The molecule has 1 amide bonds. The van der Waals surface area contributed by atoms with Crippen molar-refractivity contribution in [2.75, 3.05) is 7.05 Å². The molecule has 0 bridgehead atoms. The Morgan fingerprint density at radius 2 is 2.04 bits per heavy atom. The number of nitrogens with one attached hydrogen (secondary N) is 1. The van der Waals surface area contributed by atoms with E-state index in [1.165, 1.54) is 11.2 Å². The van der Waals surface area contributed by atoms with Gasteiger partial charge in [0.25, 0.3) is 5.56 Å². The largest absolute Gasteiger partial charge is 0.461 e. The fourth-order valence-corrected chi connectivity index (χ4v) is 2.79. The van der Waals surface area contributed by atoms with E-state index in [1.54, 1.807) is 37.4 Å². The number of amides is 1. The minimum Gasteiger partial charge on any atom is -0.461 e. The molecule has 3 aromatic heterocycles. The second kappa shape index (κ2) is 7.47. The van der Waals surface area contributed by atoms with Crippen molar-refractivity contribution >= 4 is 16.8 Å². The number of nitrogens with zero attached hydrogens (tertiary/aromatic N) is 4. The van der Waals surface area contributed by atoms with Gasteiger partial charge < -0.3 is 18.8 Å². The molecule has 9 heteroatoms. The van der Waals surface area contributed by atoms with Crippen LogP contribution in [0.3, 0.4) is 0 Å². The first-order valence-electron chi connectivity index (χ1n) is 8.68. The molecule has 0 radical (unpaired) electrons. The number of aromatic nitrogens is 4. The first-order valence-corrected chi connectivity index (χ1v) is 8.68. The summed E-state index contributed by atoms with van der Waals surface area (Å²) >= 11 is 0. The van der Waals surface area contributed by atoms with Gasteiger partial charge in [-0.3, -0.25) is 9.59 Å². The molecule has 0 atom stereocenters. The summed E-state index contributed by atoms with van der Waals surface area (Å²) in [5.41, 5.74) is 0.371. The Morgan fingerprint density at radius 3 is 2.86 bits per heavy atom. The highest BCUT2D eigenvalue weighted by Gasteiger charge is 2.15. The highest BCUT2D eigenvalue weighted by molar-refractivity contribution is 5.77. The van der Waals surface area contributed by atoms with Gasteiger partial charge in [-0.25, -0.2) is 4.98 Å². The third kappa shape index (κ3) is 3.68. The molecular weight excluding hydrogens is 362 g/mol. The zero-order valence-electron chi connectivity index (χ0n) is 15.1. The lowest BCUT2D eigenvalue weighted by Crippen LogP contribution is -2.28. The fraction of sp³-hybridized carbons (Fsp3) is 0.211. The minimum atomic E-state index is -0.224. The first kappa shape index (κ1) is 17.7. The average Bonchev–Trinajstić information content (AvgIpc) is 3.37. The third-order valence-corrected chi connectivity index (χ3v) is 4.24. The molecule has 0 aliphatic heterocycles. The quantitative estimate of drug-likeness (QED) is 0.545. The van der Waals surface area contributed by atoms with Gasteiger partial charge >= 0.3 is 0 Å².